The van der Waals surface area contributed by atoms with Gasteiger partial charge in [-0.05, 0) is 6.07 Å². The third-order valence-electron chi connectivity index (χ3n) is 1.94. The molecule has 5 nitrogen and oxygen atoms in total. The van der Waals surface area contributed by atoms with Crippen molar-refractivity contribution >= 4 is 0 Å². The molecule has 0 saturated carbocycles. The van der Waals surface area contributed by atoms with Gasteiger partial charge in [-0.15, -0.1) is 0 Å². The van der Waals surface area contributed by atoms with E-state index in [0.717, 1.165) is 0 Å². The number of aromatic nitrogens is 2. The number of rotatable bonds is 6. The summed E-state index contributed by atoms with van der Waals surface area (Å²) in [4.78, 5) is 7.58. The van der Waals surface area contributed by atoms with Crippen molar-refractivity contribution in [1.82, 2.24) is 9.97 Å². The van der Waals surface area contributed by atoms with Crippen LogP contribution in [0.3, 0.4) is 0 Å². The van der Waals surface area contributed by atoms with Crippen LogP contribution in [0.5, 0.6) is 6.01 Å². The minimum absolute atomic E-state index is 0.143. The molecule has 1 aromatic rings. The van der Waals surface area contributed by atoms with Gasteiger partial charge in [-0.25, -0.2) is 4.98 Å². The van der Waals surface area contributed by atoms with Crippen LogP contribution in [-0.4, -0.2) is 37.0 Å². The topological polar surface area (TPSA) is 53.5 Å². The van der Waals surface area contributed by atoms with Gasteiger partial charge in [0, 0.05) is 20.4 Å². The second kappa shape index (κ2) is 6.50. The fourth-order valence-corrected chi connectivity index (χ4v) is 1.15. The normalized spacial score (nSPS) is 11.9. The fraction of sp³-hybridized carbons (Fsp3) is 0.600. The average molecular weight is 266 g/mol. The van der Waals surface area contributed by atoms with E-state index in [-0.39, 0.29) is 6.01 Å². The van der Waals surface area contributed by atoms with E-state index < -0.39 is 25.5 Å². The molecule has 0 unspecified atom stereocenters. The zero-order valence-electron chi connectivity index (χ0n) is 9.90. The highest BCUT2D eigenvalue weighted by Gasteiger charge is 2.27. The van der Waals surface area contributed by atoms with Crippen LogP contribution in [-0.2, 0) is 9.47 Å². The lowest BCUT2D eigenvalue weighted by molar-refractivity contribution is -0.140. The maximum Gasteiger partial charge on any atom is 0.392 e. The summed E-state index contributed by atoms with van der Waals surface area (Å²) in [6.45, 7) is -0.530. The van der Waals surface area contributed by atoms with E-state index >= 15 is 0 Å². The molecule has 0 aromatic carbocycles. The first-order valence-corrected chi connectivity index (χ1v) is 5.04. The number of hydrogen-bond acceptors (Lipinski definition) is 5. The lowest BCUT2D eigenvalue weighted by Gasteiger charge is -2.13. The first kappa shape index (κ1) is 14.7. The summed E-state index contributed by atoms with van der Waals surface area (Å²) < 4.78 is 50.5. The van der Waals surface area contributed by atoms with Crippen molar-refractivity contribution in [3.05, 3.63) is 18.0 Å². The Hall–Kier alpha value is -1.41. The molecule has 0 N–H and O–H groups in total. The van der Waals surface area contributed by atoms with Crippen LogP contribution in [0.2, 0.25) is 0 Å². The highest BCUT2D eigenvalue weighted by Crippen LogP contribution is 2.20. The zero-order valence-corrected chi connectivity index (χ0v) is 9.90. The summed E-state index contributed by atoms with van der Waals surface area (Å²) in [6, 6.07) is 1.38. The Morgan fingerprint density at radius 1 is 1.28 bits per heavy atom. The summed E-state index contributed by atoms with van der Waals surface area (Å²) in [7, 11) is 2.83. The van der Waals surface area contributed by atoms with Crippen LogP contribution in [0, 0.1) is 0 Å². The molecule has 1 heterocycles. The van der Waals surface area contributed by atoms with Crippen molar-refractivity contribution in [2.45, 2.75) is 18.9 Å². The van der Waals surface area contributed by atoms with Crippen molar-refractivity contribution in [1.29, 1.82) is 0 Å². The quantitative estimate of drug-likeness (QED) is 0.738. The molecule has 1 aromatic heterocycles. The lowest BCUT2D eigenvalue weighted by atomic mass is 10.4. The van der Waals surface area contributed by atoms with Gasteiger partial charge < -0.3 is 14.2 Å². The summed E-state index contributed by atoms with van der Waals surface area (Å²) in [5, 5.41) is 0. The molecule has 0 saturated heterocycles. The predicted molar refractivity (Wildman–Crippen MR) is 55.0 cm³/mol. The molecular weight excluding hydrogens is 253 g/mol. The number of ether oxygens (including phenoxy) is 3. The monoisotopic (exact) mass is 266 g/mol. The summed E-state index contributed by atoms with van der Waals surface area (Å²) in [5.41, 5.74) is 0.372. The average Bonchev–Trinajstić information content (AvgIpc) is 2.29. The first-order chi connectivity index (χ1) is 8.46. The second-order valence-corrected chi connectivity index (χ2v) is 3.28. The third kappa shape index (κ3) is 4.84. The van der Waals surface area contributed by atoms with Crippen LogP contribution in [0.1, 0.15) is 18.4 Å². The van der Waals surface area contributed by atoms with E-state index in [2.05, 4.69) is 9.97 Å². The lowest BCUT2D eigenvalue weighted by Crippen LogP contribution is -2.14. The Balaban J connectivity index is 2.59. The van der Waals surface area contributed by atoms with Gasteiger partial charge in [-0.2, -0.15) is 18.2 Å². The zero-order chi connectivity index (χ0) is 13.6. The smallest absolute Gasteiger partial charge is 0.392 e. The van der Waals surface area contributed by atoms with E-state index in [1.165, 1.54) is 26.5 Å². The molecule has 0 aliphatic heterocycles. The number of halogens is 3. The minimum Gasteiger partial charge on any atom is -0.463 e. The van der Waals surface area contributed by atoms with Crippen LogP contribution in [0.4, 0.5) is 13.2 Å². The molecule has 18 heavy (non-hydrogen) atoms. The maximum absolute atomic E-state index is 11.9. The van der Waals surface area contributed by atoms with E-state index in [0.29, 0.717) is 5.69 Å². The molecule has 0 bridgehead atoms. The Bertz CT molecular complexity index is 370. The summed E-state index contributed by atoms with van der Waals surface area (Å²) in [5.74, 6) is 0. The van der Waals surface area contributed by atoms with Gasteiger partial charge in [0.15, 0.2) is 0 Å². The highest BCUT2D eigenvalue weighted by molar-refractivity contribution is 5.06. The van der Waals surface area contributed by atoms with E-state index in [9.17, 15) is 13.2 Å². The van der Waals surface area contributed by atoms with Gasteiger partial charge in [-0.3, -0.25) is 0 Å². The van der Waals surface area contributed by atoms with E-state index in [1.54, 1.807) is 0 Å². The fourth-order valence-electron chi connectivity index (χ4n) is 1.15. The van der Waals surface area contributed by atoms with Crippen LogP contribution >= 0.6 is 0 Å². The summed E-state index contributed by atoms with van der Waals surface area (Å²) >= 11 is 0. The minimum atomic E-state index is -4.26. The van der Waals surface area contributed by atoms with Gasteiger partial charge in [0.1, 0.15) is 12.3 Å². The standard InChI is InChI=1S/C10H13F3N2O3/c1-16-8(17-2)7-3-5-14-9(15-7)18-6-4-10(11,12)13/h3,5,8H,4,6H2,1-2H3. The van der Waals surface area contributed by atoms with E-state index in [1.807, 2.05) is 0 Å². The molecule has 0 aliphatic rings. The third-order valence-corrected chi connectivity index (χ3v) is 1.94. The molecular formula is C10H13F3N2O3. The highest BCUT2D eigenvalue weighted by atomic mass is 19.4. The molecule has 102 valence electrons. The van der Waals surface area contributed by atoms with Crippen molar-refractivity contribution in [2.75, 3.05) is 20.8 Å². The van der Waals surface area contributed by atoms with E-state index in [4.69, 9.17) is 14.2 Å². The van der Waals surface area contributed by atoms with Crippen LogP contribution < -0.4 is 4.74 Å². The Kier molecular flexibility index (Phi) is 5.29. The van der Waals surface area contributed by atoms with Gasteiger partial charge in [0.2, 0.25) is 6.29 Å². The largest absolute Gasteiger partial charge is 0.463 e. The maximum atomic E-state index is 11.9. The molecule has 0 atom stereocenters. The SMILES string of the molecule is COC(OC)c1ccnc(OCCC(F)(F)F)n1. The molecule has 0 radical (unpaired) electrons. The molecule has 0 aliphatic carbocycles. The first-order valence-electron chi connectivity index (χ1n) is 5.04. The molecule has 8 heteroatoms. The molecule has 0 spiro atoms. The number of methoxy groups -OCH3 is 2. The Labute approximate surface area is 102 Å². The Morgan fingerprint density at radius 3 is 2.50 bits per heavy atom. The summed E-state index contributed by atoms with van der Waals surface area (Å²) in [6.07, 6.45) is -4.67. The van der Waals surface area contributed by atoms with Gasteiger partial charge in [0.05, 0.1) is 6.42 Å². The number of nitrogens with zero attached hydrogens (tertiary/aromatic N) is 2. The van der Waals surface area contributed by atoms with Crippen LogP contribution in [0.15, 0.2) is 12.3 Å². The van der Waals surface area contributed by atoms with Crippen molar-refractivity contribution in [2.24, 2.45) is 0 Å². The molecule has 0 fully saturated rings. The molecule has 1 rings (SSSR count). The second-order valence-electron chi connectivity index (χ2n) is 3.28. The number of alkyl halides is 3. The van der Waals surface area contributed by atoms with Crippen molar-refractivity contribution < 1.29 is 27.4 Å². The van der Waals surface area contributed by atoms with Crippen molar-refractivity contribution in [3.8, 4) is 6.01 Å². The van der Waals surface area contributed by atoms with Crippen molar-refractivity contribution in [3.63, 3.8) is 0 Å². The van der Waals surface area contributed by atoms with Crippen LogP contribution in [0.25, 0.3) is 0 Å². The Morgan fingerprint density at radius 2 is 1.94 bits per heavy atom. The number of hydrogen-bond donors (Lipinski definition) is 0. The van der Waals surface area contributed by atoms with Gasteiger partial charge >= 0.3 is 12.2 Å². The predicted octanol–water partition coefficient (Wildman–Crippen LogP) is 2.10. The van der Waals surface area contributed by atoms with Gasteiger partial charge in [0.25, 0.3) is 0 Å². The van der Waals surface area contributed by atoms with Gasteiger partial charge in [-0.1, -0.05) is 0 Å². The molecule has 0 amide bonds.